The molecule has 100 valence electrons. The van der Waals surface area contributed by atoms with Gasteiger partial charge in [-0.05, 0) is 42.8 Å². The van der Waals surface area contributed by atoms with Gasteiger partial charge in [-0.3, -0.25) is 0 Å². The summed E-state index contributed by atoms with van der Waals surface area (Å²) in [4.78, 5) is 15.6. The second kappa shape index (κ2) is 4.45. The number of rotatable bonds is 2. The van der Waals surface area contributed by atoms with Crippen LogP contribution in [-0.2, 0) is 0 Å². The Labute approximate surface area is 114 Å². The summed E-state index contributed by atoms with van der Waals surface area (Å²) in [5.41, 5.74) is 2.81. The van der Waals surface area contributed by atoms with Crippen LogP contribution in [0, 0.1) is 12.7 Å². The number of carboxylic acid groups (broad SMARTS) is 1. The molecular formula is C15H11FN2O2. The van der Waals surface area contributed by atoms with Crippen molar-refractivity contribution >= 4 is 11.6 Å². The van der Waals surface area contributed by atoms with E-state index < -0.39 is 5.97 Å². The van der Waals surface area contributed by atoms with E-state index in [1.54, 1.807) is 22.7 Å². The first-order valence-electron chi connectivity index (χ1n) is 6.04. The molecule has 0 unspecified atom stereocenters. The van der Waals surface area contributed by atoms with E-state index in [0.29, 0.717) is 11.3 Å². The van der Waals surface area contributed by atoms with Gasteiger partial charge in [0.25, 0.3) is 0 Å². The Bertz CT molecular complexity index is 807. The number of carboxylic acids is 1. The third-order valence-corrected chi connectivity index (χ3v) is 3.16. The predicted octanol–water partition coefficient (Wildman–Crippen LogP) is 3.15. The molecule has 0 spiro atoms. The SMILES string of the molecule is Cc1cn2ccc(C(=O)O)c2nc1-c1ccc(F)cc1. The van der Waals surface area contributed by atoms with Crippen molar-refractivity contribution in [1.82, 2.24) is 9.38 Å². The summed E-state index contributed by atoms with van der Waals surface area (Å²) in [6.45, 7) is 1.88. The highest BCUT2D eigenvalue weighted by atomic mass is 19.1. The summed E-state index contributed by atoms with van der Waals surface area (Å²) in [7, 11) is 0. The van der Waals surface area contributed by atoms with E-state index >= 15 is 0 Å². The number of aromatic carboxylic acids is 1. The van der Waals surface area contributed by atoms with Gasteiger partial charge < -0.3 is 9.51 Å². The molecule has 0 saturated heterocycles. The molecule has 1 N–H and O–H groups in total. The van der Waals surface area contributed by atoms with Crippen molar-refractivity contribution in [2.75, 3.05) is 0 Å². The monoisotopic (exact) mass is 270 g/mol. The molecule has 0 amide bonds. The van der Waals surface area contributed by atoms with E-state index in [-0.39, 0.29) is 11.4 Å². The van der Waals surface area contributed by atoms with Crippen molar-refractivity contribution < 1.29 is 14.3 Å². The molecule has 0 radical (unpaired) electrons. The van der Waals surface area contributed by atoms with Crippen LogP contribution in [0.2, 0.25) is 0 Å². The van der Waals surface area contributed by atoms with E-state index in [2.05, 4.69) is 4.98 Å². The Hall–Kier alpha value is -2.69. The summed E-state index contributed by atoms with van der Waals surface area (Å²) in [6, 6.07) is 7.49. The summed E-state index contributed by atoms with van der Waals surface area (Å²) in [5.74, 6) is -1.34. The van der Waals surface area contributed by atoms with E-state index in [4.69, 9.17) is 5.11 Å². The molecular weight excluding hydrogens is 259 g/mol. The Balaban J connectivity index is 2.24. The minimum atomic E-state index is -1.02. The molecule has 0 fully saturated rings. The van der Waals surface area contributed by atoms with Gasteiger partial charge in [-0.1, -0.05) is 0 Å². The Morgan fingerprint density at radius 2 is 1.95 bits per heavy atom. The van der Waals surface area contributed by atoms with Crippen molar-refractivity contribution in [3.05, 3.63) is 59.7 Å². The van der Waals surface area contributed by atoms with Gasteiger partial charge in [0, 0.05) is 18.0 Å². The number of fused-ring (bicyclic) bond motifs is 1. The van der Waals surface area contributed by atoms with Crippen LogP contribution >= 0.6 is 0 Å². The second-order valence-electron chi connectivity index (χ2n) is 4.54. The molecule has 3 aromatic rings. The fraction of sp³-hybridized carbons (Fsp3) is 0.0667. The molecule has 4 nitrogen and oxygen atoms in total. The highest BCUT2D eigenvalue weighted by Crippen LogP contribution is 2.23. The predicted molar refractivity (Wildman–Crippen MR) is 72.3 cm³/mol. The number of benzene rings is 1. The topological polar surface area (TPSA) is 54.6 Å². The molecule has 1 aromatic carbocycles. The van der Waals surface area contributed by atoms with Crippen LogP contribution in [0.1, 0.15) is 15.9 Å². The van der Waals surface area contributed by atoms with Crippen LogP contribution in [0.4, 0.5) is 4.39 Å². The van der Waals surface area contributed by atoms with E-state index in [1.807, 2.05) is 13.1 Å². The smallest absolute Gasteiger partial charge is 0.339 e. The number of nitrogens with zero attached hydrogens (tertiary/aromatic N) is 2. The normalized spacial score (nSPS) is 10.9. The fourth-order valence-electron chi connectivity index (χ4n) is 2.19. The lowest BCUT2D eigenvalue weighted by Crippen LogP contribution is -2.00. The molecule has 0 aliphatic carbocycles. The second-order valence-corrected chi connectivity index (χ2v) is 4.54. The molecule has 20 heavy (non-hydrogen) atoms. The number of hydrogen-bond donors (Lipinski definition) is 1. The maximum Gasteiger partial charge on any atom is 0.339 e. The van der Waals surface area contributed by atoms with Crippen molar-refractivity contribution in [2.24, 2.45) is 0 Å². The van der Waals surface area contributed by atoms with E-state index in [0.717, 1.165) is 11.1 Å². The average molecular weight is 270 g/mol. The first kappa shape index (κ1) is 12.3. The van der Waals surface area contributed by atoms with Crippen LogP contribution in [-0.4, -0.2) is 20.5 Å². The van der Waals surface area contributed by atoms with Crippen LogP contribution in [0.3, 0.4) is 0 Å². The molecule has 3 rings (SSSR count). The average Bonchev–Trinajstić information content (AvgIpc) is 2.81. The highest BCUT2D eigenvalue weighted by Gasteiger charge is 2.14. The van der Waals surface area contributed by atoms with Crippen molar-refractivity contribution in [2.45, 2.75) is 6.92 Å². The molecule has 0 bridgehead atoms. The maximum absolute atomic E-state index is 13.0. The largest absolute Gasteiger partial charge is 0.478 e. The number of hydrogen-bond acceptors (Lipinski definition) is 2. The number of halogens is 1. The van der Waals surface area contributed by atoms with Gasteiger partial charge in [-0.2, -0.15) is 0 Å². The summed E-state index contributed by atoms with van der Waals surface area (Å²) < 4.78 is 14.6. The van der Waals surface area contributed by atoms with Gasteiger partial charge in [0.05, 0.1) is 5.69 Å². The van der Waals surface area contributed by atoms with Crippen molar-refractivity contribution in [3.63, 3.8) is 0 Å². The van der Waals surface area contributed by atoms with Gasteiger partial charge in [0.2, 0.25) is 0 Å². The zero-order valence-electron chi connectivity index (χ0n) is 10.7. The lowest BCUT2D eigenvalue weighted by molar-refractivity contribution is 0.0699. The summed E-state index contributed by atoms with van der Waals surface area (Å²) >= 11 is 0. The van der Waals surface area contributed by atoms with Crippen LogP contribution in [0.25, 0.3) is 16.9 Å². The summed E-state index contributed by atoms with van der Waals surface area (Å²) in [6.07, 6.45) is 3.47. The third-order valence-electron chi connectivity index (χ3n) is 3.16. The Morgan fingerprint density at radius 3 is 2.60 bits per heavy atom. The zero-order chi connectivity index (χ0) is 14.3. The molecule has 0 aliphatic rings. The van der Waals surface area contributed by atoms with Gasteiger partial charge in [-0.15, -0.1) is 0 Å². The first-order valence-corrected chi connectivity index (χ1v) is 6.04. The van der Waals surface area contributed by atoms with E-state index in [9.17, 15) is 9.18 Å². The van der Waals surface area contributed by atoms with Gasteiger partial charge >= 0.3 is 5.97 Å². The van der Waals surface area contributed by atoms with Crippen LogP contribution in [0.5, 0.6) is 0 Å². The number of aryl methyl sites for hydroxylation is 1. The number of aromatic nitrogens is 2. The molecule has 0 aliphatic heterocycles. The minimum absolute atomic E-state index is 0.147. The molecule has 5 heteroatoms. The third kappa shape index (κ3) is 1.93. The van der Waals surface area contributed by atoms with Crippen LogP contribution in [0.15, 0.2) is 42.7 Å². The minimum Gasteiger partial charge on any atom is -0.478 e. The zero-order valence-corrected chi connectivity index (χ0v) is 10.7. The van der Waals surface area contributed by atoms with Gasteiger partial charge in [0.15, 0.2) is 5.65 Å². The van der Waals surface area contributed by atoms with Gasteiger partial charge in [0.1, 0.15) is 11.4 Å². The lowest BCUT2D eigenvalue weighted by atomic mass is 10.1. The summed E-state index contributed by atoms with van der Waals surface area (Å²) in [5, 5.41) is 9.14. The molecule has 0 atom stereocenters. The highest BCUT2D eigenvalue weighted by molar-refractivity contribution is 5.95. The number of carbonyl (C=O) groups is 1. The quantitative estimate of drug-likeness (QED) is 0.778. The fourth-order valence-corrected chi connectivity index (χ4v) is 2.19. The standard InChI is InChI=1S/C15H11FN2O2/c1-9-8-18-7-6-12(15(19)20)14(18)17-13(9)10-2-4-11(16)5-3-10/h2-8H,1H3,(H,19,20). The molecule has 2 aromatic heterocycles. The Kier molecular flexibility index (Phi) is 2.75. The maximum atomic E-state index is 13.0. The van der Waals surface area contributed by atoms with Crippen molar-refractivity contribution in [1.29, 1.82) is 0 Å². The van der Waals surface area contributed by atoms with E-state index in [1.165, 1.54) is 18.2 Å². The first-order chi connectivity index (χ1) is 9.56. The molecule has 2 heterocycles. The van der Waals surface area contributed by atoms with Crippen LogP contribution < -0.4 is 0 Å². The van der Waals surface area contributed by atoms with Gasteiger partial charge in [-0.25, -0.2) is 14.2 Å². The Morgan fingerprint density at radius 1 is 1.25 bits per heavy atom. The lowest BCUT2D eigenvalue weighted by Gasteiger charge is -2.07. The molecule has 0 saturated carbocycles. The van der Waals surface area contributed by atoms with Crippen molar-refractivity contribution in [3.8, 4) is 11.3 Å².